The summed E-state index contributed by atoms with van der Waals surface area (Å²) in [6, 6.07) is 0.233. The lowest BCUT2D eigenvalue weighted by Crippen LogP contribution is -2.43. The Hall–Kier alpha value is -1.26. The van der Waals surface area contributed by atoms with Gasteiger partial charge in [-0.2, -0.15) is 0 Å². The van der Waals surface area contributed by atoms with Crippen LogP contribution in [0.3, 0.4) is 0 Å². The van der Waals surface area contributed by atoms with E-state index >= 15 is 0 Å². The summed E-state index contributed by atoms with van der Waals surface area (Å²) in [7, 11) is 1.62. The first-order chi connectivity index (χ1) is 8.22. The Balaban J connectivity index is 2.02. The predicted octanol–water partition coefficient (Wildman–Crippen LogP) is 1.14. The predicted molar refractivity (Wildman–Crippen MR) is 66.7 cm³/mol. The van der Waals surface area contributed by atoms with Gasteiger partial charge in [0.25, 0.3) is 0 Å². The van der Waals surface area contributed by atoms with Crippen LogP contribution < -0.4 is 16.0 Å². The average molecular weight is 241 g/mol. The first-order valence-corrected chi connectivity index (χ1v) is 6.47. The number of hydrogen-bond donors (Lipinski definition) is 3. The Kier molecular flexibility index (Phi) is 6.43. The van der Waals surface area contributed by atoms with Crippen molar-refractivity contribution >= 4 is 11.9 Å². The molecule has 0 atom stereocenters. The van der Waals surface area contributed by atoms with E-state index in [0.717, 1.165) is 12.8 Å². The lowest BCUT2D eigenvalue weighted by atomic mass is 9.96. The van der Waals surface area contributed by atoms with Crippen LogP contribution in [-0.2, 0) is 4.79 Å². The molecule has 0 aromatic carbocycles. The molecule has 5 nitrogen and oxygen atoms in total. The fourth-order valence-electron chi connectivity index (χ4n) is 2.06. The van der Waals surface area contributed by atoms with Gasteiger partial charge in [0.2, 0.25) is 5.91 Å². The highest BCUT2D eigenvalue weighted by Gasteiger charge is 2.14. The number of carbonyl (C=O) groups excluding carboxylic acids is 2. The largest absolute Gasteiger partial charge is 0.359 e. The van der Waals surface area contributed by atoms with Crippen LogP contribution in [0, 0.1) is 0 Å². The second-order valence-corrected chi connectivity index (χ2v) is 4.51. The van der Waals surface area contributed by atoms with Crippen molar-refractivity contribution in [2.45, 2.75) is 51.0 Å². The first-order valence-electron chi connectivity index (χ1n) is 6.47. The third-order valence-electron chi connectivity index (χ3n) is 3.09. The third-order valence-corrected chi connectivity index (χ3v) is 3.09. The molecule has 0 aromatic heterocycles. The van der Waals surface area contributed by atoms with E-state index in [-0.39, 0.29) is 11.9 Å². The summed E-state index contributed by atoms with van der Waals surface area (Å²) in [5.74, 6) is 0.0134. The van der Waals surface area contributed by atoms with Crippen molar-refractivity contribution in [1.82, 2.24) is 16.0 Å². The Morgan fingerprint density at radius 3 is 2.53 bits per heavy atom. The second-order valence-electron chi connectivity index (χ2n) is 4.51. The van der Waals surface area contributed by atoms with E-state index in [1.54, 1.807) is 7.05 Å². The normalized spacial score (nSPS) is 16.3. The van der Waals surface area contributed by atoms with Crippen LogP contribution in [0.2, 0.25) is 0 Å². The molecular weight excluding hydrogens is 218 g/mol. The molecule has 0 aromatic rings. The lowest BCUT2D eigenvalue weighted by Gasteiger charge is -2.22. The Morgan fingerprint density at radius 1 is 1.18 bits per heavy atom. The summed E-state index contributed by atoms with van der Waals surface area (Å²) in [6.45, 7) is 0.548. The maximum absolute atomic E-state index is 11.5. The molecule has 3 N–H and O–H groups in total. The van der Waals surface area contributed by atoms with Crippen LogP contribution in [-0.4, -0.2) is 31.6 Å². The van der Waals surface area contributed by atoms with Crippen LogP contribution in [0.15, 0.2) is 0 Å². The molecular formula is C12H23N3O2. The summed E-state index contributed by atoms with van der Waals surface area (Å²) in [6.07, 6.45) is 7.02. The number of urea groups is 1. The maximum atomic E-state index is 11.5. The molecule has 1 fully saturated rings. The lowest BCUT2D eigenvalue weighted by molar-refractivity contribution is -0.120. The van der Waals surface area contributed by atoms with Gasteiger partial charge in [-0.3, -0.25) is 4.79 Å². The van der Waals surface area contributed by atoms with Crippen LogP contribution in [0.1, 0.15) is 44.9 Å². The van der Waals surface area contributed by atoms with E-state index in [0.29, 0.717) is 25.4 Å². The van der Waals surface area contributed by atoms with Gasteiger partial charge in [-0.05, 0) is 19.3 Å². The molecule has 0 unspecified atom stereocenters. The summed E-state index contributed by atoms with van der Waals surface area (Å²) >= 11 is 0. The fourth-order valence-corrected chi connectivity index (χ4v) is 2.06. The molecule has 0 radical (unpaired) electrons. The van der Waals surface area contributed by atoms with Crippen LogP contribution in [0.5, 0.6) is 0 Å². The molecule has 1 saturated carbocycles. The third kappa shape index (κ3) is 6.14. The van der Waals surface area contributed by atoms with Crippen LogP contribution in [0.4, 0.5) is 4.79 Å². The van der Waals surface area contributed by atoms with Gasteiger partial charge in [-0.25, -0.2) is 4.79 Å². The van der Waals surface area contributed by atoms with Crippen molar-refractivity contribution in [3.05, 3.63) is 0 Å². The molecule has 0 aliphatic heterocycles. The van der Waals surface area contributed by atoms with E-state index in [9.17, 15) is 9.59 Å². The van der Waals surface area contributed by atoms with Crippen LogP contribution >= 0.6 is 0 Å². The van der Waals surface area contributed by atoms with Gasteiger partial charge < -0.3 is 16.0 Å². The van der Waals surface area contributed by atoms with Crippen molar-refractivity contribution in [3.63, 3.8) is 0 Å². The van der Waals surface area contributed by atoms with Gasteiger partial charge in [0, 0.05) is 26.1 Å². The van der Waals surface area contributed by atoms with Crippen LogP contribution in [0.25, 0.3) is 0 Å². The Bertz CT molecular complexity index is 250. The van der Waals surface area contributed by atoms with Gasteiger partial charge in [0.15, 0.2) is 0 Å². The molecule has 0 heterocycles. The quantitative estimate of drug-likeness (QED) is 0.632. The smallest absolute Gasteiger partial charge is 0.315 e. The molecule has 0 saturated heterocycles. The number of carbonyl (C=O) groups is 2. The molecule has 1 rings (SSSR count). The van der Waals surface area contributed by atoms with Gasteiger partial charge >= 0.3 is 6.03 Å². The minimum absolute atomic E-state index is 0.0134. The van der Waals surface area contributed by atoms with Crippen molar-refractivity contribution in [3.8, 4) is 0 Å². The van der Waals surface area contributed by atoms with E-state index in [2.05, 4.69) is 16.0 Å². The zero-order valence-corrected chi connectivity index (χ0v) is 10.6. The minimum atomic E-state index is -0.103. The summed E-state index contributed by atoms with van der Waals surface area (Å²) in [4.78, 5) is 22.4. The van der Waals surface area contributed by atoms with E-state index in [1.807, 2.05) is 0 Å². The Labute approximate surface area is 103 Å². The highest BCUT2D eigenvalue weighted by molar-refractivity contribution is 5.76. The van der Waals surface area contributed by atoms with Crippen molar-refractivity contribution < 1.29 is 9.59 Å². The number of hydrogen-bond acceptors (Lipinski definition) is 2. The molecule has 98 valence electrons. The summed E-state index contributed by atoms with van der Waals surface area (Å²) < 4.78 is 0. The second kappa shape index (κ2) is 7.92. The summed E-state index contributed by atoms with van der Waals surface area (Å²) in [5.41, 5.74) is 0. The zero-order valence-electron chi connectivity index (χ0n) is 10.6. The minimum Gasteiger partial charge on any atom is -0.359 e. The topological polar surface area (TPSA) is 70.2 Å². The number of amides is 3. The standard InChI is InChI=1S/C12H23N3O2/c1-13-11(16)8-5-9-14-12(17)15-10-6-3-2-4-7-10/h10H,2-9H2,1H3,(H,13,16)(H2,14,15,17). The molecule has 17 heavy (non-hydrogen) atoms. The molecule has 0 bridgehead atoms. The first kappa shape index (κ1) is 13.8. The van der Waals surface area contributed by atoms with Gasteiger partial charge in [0.05, 0.1) is 0 Å². The summed E-state index contributed by atoms with van der Waals surface area (Å²) in [5, 5.41) is 8.30. The molecule has 3 amide bonds. The fraction of sp³-hybridized carbons (Fsp3) is 0.833. The van der Waals surface area contributed by atoms with Gasteiger partial charge in [-0.15, -0.1) is 0 Å². The van der Waals surface area contributed by atoms with Crippen molar-refractivity contribution in [2.24, 2.45) is 0 Å². The Morgan fingerprint density at radius 2 is 1.88 bits per heavy atom. The molecule has 0 spiro atoms. The number of rotatable bonds is 5. The van der Waals surface area contributed by atoms with Gasteiger partial charge in [-0.1, -0.05) is 19.3 Å². The maximum Gasteiger partial charge on any atom is 0.315 e. The average Bonchev–Trinajstić information content (AvgIpc) is 2.35. The van der Waals surface area contributed by atoms with Crippen molar-refractivity contribution in [2.75, 3.05) is 13.6 Å². The molecule has 5 heteroatoms. The van der Waals surface area contributed by atoms with E-state index < -0.39 is 0 Å². The SMILES string of the molecule is CNC(=O)CCCNC(=O)NC1CCCCC1. The molecule has 1 aliphatic rings. The van der Waals surface area contributed by atoms with Gasteiger partial charge in [0.1, 0.15) is 0 Å². The van der Waals surface area contributed by atoms with Crippen molar-refractivity contribution in [1.29, 1.82) is 0 Å². The van der Waals surface area contributed by atoms with E-state index in [4.69, 9.17) is 0 Å². The zero-order chi connectivity index (χ0) is 12.5. The molecule has 1 aliphatic carbocycles. The van der Waals surface area contributed by atoms with E-state index in [1.165, 1.54) is 19.3 Å². The monoisotopic (exact) mass is 241 g/mol. The highest BCUT2D eigenvalue weighted by Crippen LogP contribution is 2.16. The highest BCUT2D eigenvalue weighted by atomic mass is 16.2. The number of nitrogens with one attached hydrogen (secondary N) is 3.